The molecule has 0 aromatic carbocycles. The van der Waals surface area contributed by atoms with Gasteiger partial charge in [0.2, 0.25) is 0 Å². The second-order valence-corrected chi connectivity index (χ2v) is 3.79. The number of aromatic nitrogens is 3. The van der Waals surface area contributed by atoms with E-state index in [2.05, 4.69) is 10.3 Å². The lowest BCUT2D eigenvalue weighted by molar-refractivity contribution is 0.0958. The Hall–Kier alpha value is -0.980. The topological polar surface area (TPSA) is 69.4 Å². The number of ether oxygens (including phenoxy) is 2. The highest BCUT2D eigenvalue weighted by atomic mass is 16.5. The van der Waals surface area contributed by atoms with Crippen LogP contribution in [-0.2, 0) is 16.0 Å². The van der Waals surface area contributed by atoms with Gasteiger partial charge in [0.1, 0.15) is 5.69 Å². The fourth-order valence-corrected chi connectivity index (χ4v) is 1.35. The Balaban J connectivity index is 2.16. The summed E-state index contributed by atoms with van der Waals surface area (Å²) in [7, 11) is 1.68. The third-order valence-corrected chi connectivity index (χ3v) is 2.39. The van der Waals surface area contributed by atoms with Crippen LogP contribution >= 0.6 is 0 Å². The van der Waals surface area contributed by atoms with Crippen molar-refractivity contribution < 1.29 is 14.6 Å². The first-order valence-electron chi connectivity index (χ1n) is 5.92. The highest BCUT2D eigenvalue weighted by molar-refractivity contribution is 4.96. The monoisotopic (exact) mass is 243 g/mol. The summed E-state index contributed by atoms with van der Waals surface area (Å²) >= 11 is 0. The number of hydrogen-bond donors (Lipinski definition) is 1. The van der Waals surface area contributed by atoms with E-state index in [9.17, 15) is 5.11 Å². The first-order chi connectivity index (χ1) is 8.27. The Morgan fingerprint density at radius 2 is 2.24 bits per heavy atom. The lowest BCUT2D eigenvalue weighted by Gasteiger charge is -2.03. The summed E-state index contributed by atoms with van der Waals surface area (Å²) in [5.74, 6) is 0. The molecule has 0 bridgehead atoms. The fourth-order valence-electron chi connectivity index (χ4n) is 1.35. The SMILES string of the molecule is CCC(O)c1cn(CCOCCCOC)nn1. The van der Waals surface area contributed by atoms with Crippen LogP contribution in [0.3, 0.4) is 0 Å². The zero-order chi connectivity index (χ0) is 12.5. The summed E-state index contributed by atoms with van der Waals surface area (Å²) in [6.45, 7) is 4.55. The van der Waals surface area contributed by atoms with Gasteiger partial charge in [-0.1, -0.05) is 12.1 Å². The molecule has 0 radical (unpaired) electrons. The second kappa shape index (κ2) is 8.16. The highest BCUT2D eigenvalue weighted by Crippen LogP contribution is 2.11. The lowest BCUT2D eigenvalue weighted by atomic mass is 10.2. The Morgan fingerprint density at radius 1 is 1.41 bits per heavy atom. The van der Waals surface area contributed by atoms with Gasteiger partial charge < -0.3 is 14.6 Å². The number of aliphatic hydroxyl groups excluding tert-OH is 1. The molecule has 17 heavy (non-hydrogen) atoms. The van der Waals surface area contributed by atoms with E-state index in [1.54, 1.807) is 18.0 Å². The van der Waals surface area contributed by atoms with Gasteiger partial charge in [-0.2, -0.15) is 0 Å². The summed E-state index contributed by atoms with van der Waals surface area (Å²) in [4.78, 5) is 0. The minimum Gasteiger partial charge on any atom is -0.387 e. The van der Waals surface area contributed by atoms with Gasteiger partial charge in [0.25, 0.3) is 0 Å². The van der Waals surface area contributed by atoms with E-state index < -0.39 is 6.10 Å². The van der Waals surface area contributed by atoms with Gasteiger partial charge in [0, 0.05) is 20.3 Å². The van der Waals surface area contributed by atoms with E-state index >= 15 is 0 Å². The van der Waals surface area contributed by atoms with Crippen LogP contribution in [0, 0.1) is 0 Å². The molecule has 0 fully saturated rings. The quantitative estimate of drug-likeness (QED) is 0.649. The molecular formula is C11H21N3O3. The predicted octanol–water partition coefficient (Wildman–Crippen LogP) is 0.775. The smallest absolute Gasteiger partial charge is 0.111 e. The zero-order valence-electron chi connectivity index (χ0n) is 10.5. The molecule has 1 rings (SSSR count). The van der Waals surface area contributed by atoms with E-state index in [0.717, 1.165) is 13.0 Å². The highest BCUT2D eigenvalue weighted by Gasteiger charge is 2.09. The van der Waals surface area contributed by atoms with Gasteiger partial charge >= 0.3 is 0 Å². The van der Waals surface area contributed by atoms with Crippen molar-refractivity contribution in [1.29, 1.82) is 0 Å². The molecule has 1 aromatic rings. The van der Waals surface area contributed by atoms with Crippen LogP contribution in [0.25, 0.3) is 0 Å². The van der Waals surface area contributed by atoms with Crippen molar-refractivity contribution in [1.82, 2.24) is 15.0 Å². The van der Waals surface area contributed by atoms with Gasteiger partial charge in [-0.05, 0) is 12.8 Å². The van der Waals surface area contributed by atoms with E-state index in [1.807, 2.05) is 6.92 Å². The molecule has 0 aliphatic carbocycles. The molecule has 6 heteroatoms. The molecular weight excluding hydrogens is 222 g/mol. The maximum atomic E-state index is 9.55. The average molecular weight is 243 g/mol. The van der Waals surface area contributed by atoms with E-state index in [-0.39, 0.29) is 0 Å². The molecule has 1 atom stereocenters. The van der Waals surface area contributed by atoms with Crippen LogP contribution in [0.15, 0.2) is 6.20 Å². The number of nitrogens with zero attached hydrogens (tertiary/aromatic N) is 3. The molecule has 1 unspecified atom stereocenters. The molecule has 0 aliphatic rings. The number of hydrogen-bond acceptors (Lipinski definition) is 5. The van der Waals surface area contributed by atoms with Crippen molar-refractivity contribution in [2.75, 3.05) is 26.9 Å². The van der Waals surface area contributed by atoms with Crippen LogP contribution in [-0.4, -0.2) is 47.0 Å². The Kier molecular flexibility index (Phi) is 6.76. The van der Waals surface area contributed by atoms with Crippen molar-refractivity contribution in [3.8, 4) is 0 Å². The molecule has 98 valence electrons. The second-order valence-electron chi connectivity index (χ2n) is 3.79. The summed E-state index contributed by atoms with van der Waals surface area (Å²) < 4.78 is 12.0. The summed E-state index contributed by atoms with van der Waals surface area (Å²) in [6.07, 6.45) is 2.78. The number of aliphatic hydroxyl groups is 1. The van der Waals surface area contributed by atoms with Crippen molar-refractivity contribution in [3.63, 3.8) is 0 Å². The first-order valence-corrected chi connectivity index (χ1v) is 5.92. The van der Waals surface area contributed by atoms with Gasteiger partial charge in [-0.3, -0.25) is 0 Å². The largest absolute Gasteiger partial charge is 0.387 e. The Bertz CT molecular complexity index is 304. The van der Waals surface area contributed by atoms with Crippen LogP contribution < -0.4 is 0 Å². The van der Waals surface area contributed by atoms with E-state index in [1.165, 1.54) is 0 Å². The summed E-state index contributed by atoms with van der Waals surface area (Å²) in [5, 5.41) is 17.4. The van der Waals surface area contributed by atoms with Crippen LogP contribution in [0.4, 0.5) is 0 Å². The van der Waals surface area contributed by atoms with Crippen molar-refractivity contribution in [3.05, 3.63) is 11.9 Å². The maximum Gasteiger partial charge on any atom is 0.111 e. The molecule has 0 amide bonds. The molecule has 1 N–H and O–H groups in total. The average Bonchev–Trinajstić information content (AvgIpc) is 2.81. The van der Waals surface area contributed by atoms with Gasteiger partial charge in [0.15, 0.2) is 0 Å². The van der Waals surface area contributed by atoms with E-state index in [4.69, 9.17) is 9.47 Å². The molecule has 0 aliphatic heterocycles. The van der Waals surface area contributed by atoms with E-state index in [0.29, 0.717) is 31.9 Å². The zero-order valence-corrected chi connectivity index (χ0v) is 10.5. The minimum atomic E-state index is -0.522. The maximum absolute atomic E-state index is 9.55. The molecule has 1 heterocycles. The first kappa shape index (κ1) is 14.1. The fraction of sp³-hybridized carbons (Fsp3) is 0.818. The van der Waals surface area contributed by atoms with Crippen molar-refractivity contribution in [2.45, 2.75) is 32.4 Å². The Morgan fingerprint density at radius 3 is 2.94 bits per heavy atom. The van der Waals surface area contributed by atoms with Gasteiger partial charge in [-0.15, -0.1) is 5.10 Å². The van der Waals surface area contributed by atoms with Crippen molar-refractivity contribution >= 4 is 0 Å². The third kappa shape index (κ3) is 5.25. The standard InChI is InChI=1S/C11H21N3O3/c1-3-11(15)10-9-14(13-12-10)5-8-17-7-4-6-16-2/h9,11,15H,3-8H2,1-2H3. The van der Waals surface area contributed by atoms with Crippen molar-refractivity contribution in [2.24, 2.45) is 0 Å². The third-order valence-electron chi connectivity index (χ3n) is 2.39. The molecule has 1 aromatic heterocycles. The normalized spacial score (nSPS) is 12.9. The molecule has 0 saturated carbocycles. The number of rotatable bonds is 9. The van der Waals surface area contributed by atoms with Gasteiger partial charge in [0.05, 0.1) is 25.5 Å². The minimum absolute atomic E-state index is 0.522. The van der Waals surface area contributed by atoms with Crippen LogP contribution in [0.1, 0.15) is 31.6 Å². The molecule has 0 saturated heterocycles. The van der Waals surface area contributed by atoms with Crippen LogP contribution in [0.2, 0.25) is 0 Å². The molecule has 6 nitrogen and oxygen atoms in total. The predicted molar refractivity (Wildman–Crippen MR) is 62.6 cm³/mol. The molecule has 0 spiro atoms. The number of methoxy groups -OCH3 is 1. The van der Waals surface area contributed by atoms with Crippen LogP contribution in [0.5, 0.6) is 0 Å². The Labute approximate surface area is 102 Å². The lowest BCUT2D eigenvalue weighted by Crippen LogP contribution is -2.08. The summed E-state index contributed by atoms with van der Waals surface area (Å²) in [5.41, 5.74) is 0.617. The van der Waals surface area contributed by atoms with Gasteiger partial charge in [-0.25, -0.2) is 4.68 Å². The summed E-state index contributed by atoms with van der Waals surface area (Å²) in [6, 6.07) is 0.